The van der Waals surface area contributed by atoms with Gasteiger partial charge in [0.2, 0.25) is 0 Å². The van der Waals surface area contributed by atoms with E-state index in [4.69, 9.17) is 0 Å². The molecule has 3 rings (SSSR count). The number of carbonyl (C=O) groups excluding carboxylic acids is 1. The smallest absolute Gasteiger partial charge is 0.271 e. The van der Waals surface area contributed by atoms with E-state index in [0.717, 1.165) is 30.5 Å². The van der Waals surface area contributed by atoms with Gasteiger partial charge >= 0.3 is 0 Å². The highest BCUT2D eigenvalue weighted by Gasteiger charge is 2.30. The molecule has 1 aliphatic heterocycles. The second kappa shape index (κ2) is 6.59. The average molecular weight is 328 g/mol. The number of hydrogen-bond donors (Lipinski definition) is 0. The van der Waals surface area contributed by atoms with Crippen molar-refractivity contribution >= 4 is 5.91 Å². The molecule has 0 spiro atoms. The van der Waals surface area contributed by atoms with Crippen molar-refractivity contribution in [3.05, 3.63) is 69.4 Å². The van der Waals surface area contributed by atoms with E-state index < -0.39 is 0 Å². The number of pyridine rings is 1. The number of nitrogens with zero attached hydrogens (tertiary/aromatic N) is 2. The molecule has 1 aromatic carbocycles. The van der Waals surface area contributed by atoms with Crippen LogP contribution >= 0.6 is 0 Å². The number of aromatic nitrogens is 1. The van der Waals surface area contributed by atoms with Crippen LogP contribution in [0.3, 0.4) is 0 Å². The Morgan fingerprint density at radius 2 is 1.88 bits per heavy atom. The highest BCUT2D eigenvalue weighted by Crippen LogP contribution is 2.32. The molecule has 24 heavy (non-hydrogen) atoms. The lowest BCUT2D eigenvalue weighted by molar-refractivity contribution is 0.0600. The zero-order chi connectivity index (χ0) is 17.3. The van der Waals surface area contributed by atoms with Crippen LogP contribution in [-0.2, 0) is 7.05 Å². The number of likely N-dealkylation sites (tertiary alicyclic amines) is 1. The molecule has 0 N–H and O–H groups in total. The highest BCUT2D eigenvalue weighted by molar-refractivity contribution is 5.93. The maximum absolute atomic E-state index is 13.2. The van der Waals surface area contributed by atoms with E-state index in [1.807, 2.05) is 11.8 Å². The quantitative estimate of drug-likeness (QED) is 0.849. The largest absolute Gasteiger partial charge is 0.344 e. The van der Waals surface area contributed by atoms with Gasteiger partial charge in [-0.2, -0.15) is 0 Å². The summed E-state index contributed by atoms with van der Waals surface area (Å²) in [5.74, 6) is -0.430. The van der Waals surface area contributed by atoms with Crippen molar-refractivity contribution < 1.29 is 9.18 Å². The Morgan fingerprint density at radius 3 is 2.58 bits per heavy atom. The summed E-state index contributed by atoms with van der Waals surface area (Å²) < 4.78 is 14.9. The Morgan fingerprint density at radius 1 is 1.17 bits per heavy atom. The first-order chi connectivity index (χ1) is 11.5. The molecule has 0 saturated carbocycles. The van der Waals surface area contributed by atoms with Crippen LogP contribution in [0.25, 0.3) is 0 Å². The van der Waals surface area contributed by atoms with Crippen LogP contribution in [-0.4, -0.2) is 21.9 Å². The van der Waals surface area contributed by atoms with Gasteiger partial charge in [-0.05, 0) is 43.9 Å². The minimum atomic E-state index is -0.284. The van der Waals surface area contributed by atoms with Crippen molar-refractivity contribution in [3.63, 3.8) is 0 Å². The molecule has 5 heteroatoms. The maximum Gasteiger partial charge on any atom is 0.271 e. The van der Waals surface area contributed by atoms with Crippen molar-refractivity contribution in [3.8, 4) is 0 Å². The fourth-order valence-corrected chi connectivity index (χ4v) is 3.32. The number of halogens is 1. The summed E-state index contributed by atoms with van der Waals surface area (Å²) >= 11 is 0. The molecule has 0 aliphatic carbocycles. The molecule has 1 saturated heterocycles. The van der Waals surface area contributed by atoms with Crippen LogP contribution in [0.4, 0.5) is 4.39 Å². The Kier molecular flexibility index (Phi) is 4.51. The number of carbonyl (C=O) groups is 1. The lowest BCUT2D eigenvalue weighted by atomic mass is 9.94. The van der Waals surface area contributed by atoms with E-state index in [1.54, 1.807) is 23.7 Å². The molecule has 0 unspecified atom stereocenters. The number of hydrogen-bond acceptors (Lipinski definition) is 2. The van der Waals surface area contributed by atoms with Gasteiger partial charge in [0.05, 0.1) is 6.04 Å². The second-order valence-electron chi connectivity index (χ2n) is 6.34. The third-order valence-corrected chi connectivity index (χ3v) is 4.76. The summed E-state index contributed by atoms with van der Waals surface area (Å²) in [5.41, 5.74) is 1.92. The Labute approximate surface area is 140 Å². The molecule has 0 bridgehead atoms. The van der Waals surface area contributed by atoms with Gasteiger partial charge in [-0.3, -0.25) is 9.59 Å². The van der Waals surface area contributed by atoms with E-state index in [1.165, 1.54) is 24.3 Å². The Bertz CT molecular complexity index is 811. The van der Waals surface area contributed by atoms with Crippen molar-refractivity contribution in [2.45, 2.75) is 32.2 Å². The number of piperidine rings is 1. The summed E-state index contributed by atoms with van der Waals surface area (Å²) in [5, 5.41) is 0. The van der Waals surface area contributed by atoms with Crippen molar-refractivity contribution in [2.24, 2.45) is 7.05 Å². The summed E-state index contributed by atoms with van der Waals surface area (Å²) in [4.78, 5) is 26.7. The SMILES string of the molecule is Cc1cc(=O)cc(C(=O)N2CCCC[C@@H]2c2ccc(F)cc2)n1C. The topological polar surface area (TPSA) is 42.3 Å². The minimum absolute atomic E-state index is 0.0811. The molecule has 1 aliphatic rings. The van der Waals surface area contributed by atoms with Gasteiger partial charge in [0, 0.05) is 31.4 Å². The summed E-state index contributed by atoms with van der Waals surface area (Å²) in [6.45, 7) is 2.45. The van der Waals surface area contributed by atoms with Gasteiger partial charge in [-0.15, -0.1) is 0 Å². The first-order valence-corrected chi connectivity index (χ1v) is 8.21. The van der Waals surface area contributed by atoms with Gasteiger partial charge in [0.25, 0.3) is 5.91 Å². The fraction of sp³-hybridized carbons (Fsp3) is 0.368. The number of rotatable bonds is 2. The Hall–Kier alpha value is -2.43. The van der Waals surface area contributed by atoms with Crippen molar-refractivity contribution in [1.29, 1.82) is 0 Å². The highest BCUT2D eigenvalue weighted by atomic mass is 19.1. The summed E-state index contributed by atoms with van der Waals surface area (Å²) in [7, 11) is 1.79. The predicted octanol–water partition coefficient (Wildman–Crippen LogP) is 3.20. The normalized spacial score (nSPS) is 17.8. The average Bonchev–Trinajstić information content (AvgIpc) is 2.58. The summed E-state index contributed by atoms with van der Waals surface area (Å²) in [6, 6.07) is 9.16. The van der Waals surface area contributed by atoms with E-state index >= 15 is 0 Å². The maximum atomic E-state index is 13.2. The molecular weight excluding hydrogens is 307 g/mol. The molecule has 4 nitrogen and oxygen atoms in total. The van der Waals surface area contributed by atoms with E-state index in [9.17, 15) is 14.0 Å². The molecular formula is C19H21FN2O2. The monoisotopic (exact) mass is 328 g/mol. The molecule has 1 fully saturated rings. The molecule has 126 valence electrons. The van der Waals surface area contributed by atoms with Gasteiger partial charge in [0.15, 0.2) is 5.43 Å². The molecule has 2 heterocycles. The van der Waals surface area contributed by atoms with E-state index in [2.05, 4.69) is 0 Å². The molecule has 1 aromatic heterocycles. The first-order valence-electron chi connectivity index (χ1n) is 8.21. The van der Waals surface area contributed by atoms with Crippen molar-refractivity contribution in [2.75, 3.05) is 6.54 Å². The Balaban J connectivity index is 1.97. The van der Waals surface area contributed by atoms with Crippen molar-refractivity contribution in [1.82, 2.24) is 9.47 Å². The standard InChI is InChI=1S/C19H21FN2O2/c1-13-11-16(23)12-18(21(13)2)19(24)22-10-4-3-5-17(22)14-6-8-15(20)9-7-14/h6-9,11-12,17H,3-5,10H2,1-2H3/t17-/m1/s1. The summed E-state index contributed by atoms with van der Waals surface area (Å²) in [6.07, 6.45) is 2.80. The van der Waals surface area contributed by atoms with E-state index in [-0.39, 0.29) is 23.2 Å². The van der Waals surface area contributed by atoms with E-state index in [0.29, 0.717) is 12.2 Å². The fourth-order valence-electron chi connectivity index (χ4n) is 3.32. The number of aryl methyl sites for hydroxylation is 1. The van der Waals surface area contributed by atoms with Crippen LogP contribution in [0.1, 0.15) is 47.1 Å². The van der Waals surface area contributed by atoms with Gasteiger partial charge in [-0.25, -0.2) is 4.39 Å². The molecule has 0 radical (unpaired) electrons. The van der Waals surface area contributed by atoms with Crippen LogP contribution in [0.15, 0.2) is 41.2 Å². The zero-order valence-electron chi connectivity index (χ0n) is 14.0. The first kappa shape index (κ1) is 16.4. The predicted molar refractivity (Wildman–Crippen MR) is 90.4 cm³/mol. The minimum Gasteiger partial charge on any atom is -0.344 e. The zero-order valence-corrected chi connectivity index (χ0v) is 14.0. The molecule has 1 atom stereocenters. The third-order valence-electron chi connectivity index (χ3n) is 4.76. The van der Waals surface area contributed by atoms with Gasteiger partial charge < -0.3 is 9.47 Å². The molecule has 1 amide bonds. The van der Waals surface area contributed by atoms with Gasteiger partial charge in [-0.1, -0.05) is 12.1 Å². The number of benzene rings is 1. The van der Waals surface area contributed by atoms with Crippen LogP contribution in [0.5, 0.6) is 0 Å². The van der Waals surface area contributed by atoms with Crippen LogP contribution < -0.4 is 5.43 Å². The van der Waals surface area contributed by atoms with Gasteiger partial charge in [0.1, 0.15) is 11.5 Å². The lowest BCUT2D eigenvalue weighted by Gasteiger charge is -2.36. The molecule has 2 aromatic rings. The number of amides is 1. The third kappa shape index (κ3) is 3.11. The van der Waals surface area contributed by atoms with Crippen LogP contribution in [0.2, 0.25) is 0 Å². The second-order valence-corrected chi connectivity index (χ2v) is 6.34. The lowest BCUT2D eigenvalue weighted by Crippen LogP contribution is -2.40. The van der Waals surface area contributed by atoms with Crippen LogP contribution in [0, 0.1) is 12.7 Å².